The number of sulfone groups is 1. The summed E-state index contributed by atoms with van der Waals surface area (Å²) in [6.07, 6.45) is 0.365. The topological polar surface area (TPSA) is 119 Å². The number of carbonyl (C=O) groups is 3. The number of hydrogen-bond donors (Lipinski definition) is 2. The fourth-order valence-corrected chi connectivity index (χ4v) is 4.30. The van der Waals surface area contributed by atoms with E-state index in [0.717, 1.165) is 0 Å². The average molecular weight is 389 g/mol. The van der Waals surface area contributed by atoms with E-state index in [-0.39, 0.29) is 23.8 Å². The van der Waals surface area contributed by atoms with Gasteiger partial charge in [0, 0.05) is 17.0 Å². The molecule has 8 nitrogen and oxygen atoms in total. The van der Waals surface area contributed by atoms with Crippen molar-refractivity contribution in [1.82, 2.24) is 10.9 Å². The van der Waals surface area contributed by atoms with Gasteiger partial charge in [-0.05, 0) is 36.6 Å². The smallest absolute Gasteiger partial charge is 0.306 e. The van der Waals surface area contributed by atoms with E-state index in [0.29, 0.717) is 17.0 Å². The lowest BCUT2D eigenvalue weighted by atomic mass is 10.1. The van der Waals surface area contributed by atoms with Crippen LogP contribution in [0, 0.1) is 5.92 Å². The molecule has 1 heterocycles. The van der Waals surface area contributed by atoms with Gasteiger partial charge in [0.05, 0.1) is 11.5 Å². The monoisotopic (exact) mass is 388 g/mol. The molecule has 0 aliphatic carbocycles. The number of rotatable bonds is 5. The minimum atomic E-state index is -3.06. The summed E-state index contributed by atoms with van der Waals surface area (Å²) in [5, 5.41) is 0.475. The van der Waals surface area contributed by atoms with Crippen molar-refractivity contribution in [2.45, 2.75) is 12.8 Å². The van der Waals surface area contributed by atoms with E-state index in [4.69, 9.17) is 16.3 Å². The zero-order chi connectivity index (χ0) is 18.4. The van der Waals surface area contributed by atoms with Crippen LogP contribution in [0.25, 0.3) is 0 Å². The Morgan fingerprint density at radius 1 is 1.16 bits per heavy atom. The number of carbonyl (C=O) groups excluding carboxylic acids is 3. The first kappa shape index (κ1) is 19.2. The molecule has 1 aliphatic rings. The SMILES string of the molecule is O=C(COC(=O)C[C@H]1CCS(=O)(=O)C1)NNC(=O)c1ccc(Cl)cc1. The van der Waals surface area contributed by atoms with Gasteiger partial charge in [0.2, 0.25) is 0 Å². The van der Waals surface area contributed by atoms with Gasteiger partial charge >= 0.3 is 5.97 Å². The Balaban J connectivity index is 1.67. The van der Waals surface area contributed by atoms with Gasteiger partial charge in [0.25, 0.3) is 11.8 Å². The quantitative estimate of drug-likeness (QED) is 0.559. The van der Waals surface area contributed by atoms with Crippen molar-refractivity contribution in [3.8, 4) is 0 Å². The standard InChI is InChI=1S/C15H17ClN2O6S/c16-12-3-1-11(2-4-12)15(21)18-17-13(19)8-24-14(20)7-10-5-6-25(22,23)9-10/h1-4,10H,5-9H2,(H,17,19)(H,18,21)/t10-/m1/s1. The summed E-state index contributed by atoms with van der Waals surface area (Å²) in [6, 6.07) is 6.03. The Morgan fingerprint density at radius 2 is 1.84 bits per heavy atom. The van der Waals surface area contributed by atoms with Gasteiger partial charge in [0.15, 0.2) is 16.4 Å². The third kappa shape index (κ3) is 6.35. The lowest BCUT2D eigenvalue weighted by molar-refractivity contribution is -0.149. The highest BCUT2D eigenvalue weighted by molar-refractivity contribution is 7.91. The van der Waals surface area contributed by atoms with E-state index >= 15 is 0 Å². The van der Waals surface area contributed by atoms with Crippen LogP contribution in [0.2, 0.25) is 5.02 Å². The van der Waals surface area contributed by atoms with Gasteiger partial charge in [-0.25, -0.2) is 8.42 Å². The Kier molecular flexibility index (Phi) is 6.38. The molecule has 0 saturated carbocycles. The number of esters is 1. The maximum absolute atomic E-state index is 11.8. The van der Waals surface area contributed by atoms with E-state index in [2.05, 4.69) is 10.9 Å². The molecule has 1 atom stereocenters. The van der Waals surface area contributed by atoms with Crippen molar-refractivity contribution in [3.05, 3.63) is 34.9 Å². The van der Waals surface area contributed by atoms with E-state index in [1.165, 1.54) is 24.3 Å². The molecular formula is C15H17ClN2O6S. The molecule has 136 valence electrons. The van der Waals surface area contributed by atoms with Crippen LogP contribution in [0.5, 0.6) is 0 Å². The highest BCUT2D eigenvalue weighted by Crippen LogP contribution is 2.21. The molecule has 25 heavy (non-hydrogen) atoms. The van der Waals surface area contributed by atoms with Crippen molar-refractivity contribution >= 4 is 39.2 Å². The normalized spacial score (nSPS) is 18.4. The molecule has 0 unspecified atom stereocenters. The molecule has 1 fully saturated rings. The van der Waals surface area contributed by atoms with Crippen LogP contribution in [0.4, 0.5) is 0 Å². The van der Waals surface area contributed by atoms with Crippen LogP contribution in [0.15, 0.2) is 24.3 Å². The molecule has 0 spiro atoms. The number of ether oxygens (including phenoxy) is 1. The number of halogens is 1. The number of nitrogens with one attached hydrogen (secondary N) is 2. The molecule has 2 N–H and O–H groups in total. The largest absolute Gasteiger partial charge is 0.455 e. The zero-order valence-corrected chi connectivity index (χ0v) is 14.7. The molecule has 2 rings (SSSR count). The summed E-state index contributed by atoms with van der Waals surface area (Å²) >= 11 is 5.71. The van der Waals surface area contributed by atoms with Crippen LogP contribution < -0.4 is 10.9 Å². The lowest BCUT2D eigenvalue weighted by Gasteiger charge is -2.09. The fraction of sp³-hybridized carbons (Fsp3) is 0.400. The molecule has 0 bridgehead atoms. The number of hydrazine groups is 1. The van der Waals surface area contributed by atoms with Crippen LogP contribution in [-0.2, 0) is 24.2 Å². The third-order valence-electron chi connectivity index (χ3n) is 3.57. The van der Waals surface area contributed by atoms with Gasteiger partial charge in [-0.1, -0.05) is 11.6 Å². The highest BCUT2D eigenvalue weighted by Gasteiger charge is 2.29. The van der Waals surface area contributed by atoms with Crippen LogP contribution in [0.3, 0.4) is 0 Å². The Morgan fingerprint density at radius 3 is 2.44 bits per heavy atom. The Bertz CT molecular complexity index is 763. The molecule has 10 heteroatoms. The number of amides is 2. The summed E-state index contributed by atoms with van der Waals surface area (Å²) in [4.78, 5) is 34.9. The number of benzene rings is 1. The number of hydrogen-bond acceptors (Lipinski definition) is 6. The molecule has 1 aromatic carbocycles. The first-order chi connectivity index (χ1) is 11.7. The van der Waals surface area contributed by atoms with E-state index < -0.39 is 34.2 Å². The second-order valence-corrected chi connectivity index (χ2v) is 8.31. The molecule has 1 aromatic rings. The molecule has 0 radical (unpaired) electrons. The highest BCUT2D eigenvalue weighted by atomic mass is 35.5. The molecule has 0 aromatic heterocycles. The van der Waals surface area contributed by atoms with Crippen molar-refractivity contribution in [2.24, 2.45) is 5.92 Å². The van der Waals surface area contributed by atoms with E-state index in [9.17, 15) is 22.8 Å². The Hall–Kier alpha value is -2.13. The van der Waals surface area contributed by atoms with Crippen LogP contribution >= 0.6 is 11.6 Å². The molecule has 2 amide bonds. The maximum atomic E-state index is 11.8. The summed E-state index contributed by atoms with van der Waals surface area (Å²) in [6.45, 7) is -0.570. The minimum Gasteiger partial charge on any atom is -0.455 e. The third-order valence-corrected chi connectivity index (χ3v) is 5.66. The van der Waals surface area contributed by atoms with Gasteiger partial charge in [-0.2, -0.15) is 0 Å². The summed E-state index contributed by atoms with van der Waals surface area (Å²) < 4.78 is 27.4. The Labute approximate surface area is 149 Å². The summed E-state index contributed by atoms with van der Waals surface area (Å²) in [5.41, 5.74) is 4.58. The maximum Gasteiger partial charge on any atom is 0.306 e. The van der Waals surface area contributed by atoms with Crippen LogP contribution in [-0.4, -0.2) is 44.3 Å². The van der Waals surface area contributed by atoms with Crippen molar-refractivity contribution < 1.29 is 27.5 Å². The second-order valence-electron chi connectivity index (χ2n) is 5.64. The molecule has 1 aliphatic heterocycles. The van der Waals surface area contributed by atoms with Gasteiger partial charge < -0.3 is 4.74 Å². The summed E-state index contributed by atoms with van der Waals surface area (Å²) in [5.74, 6) is -2.15. The first-order valence-corrected chi connectivity index (χ1v) is 9.66. The fourth-order valence-electron chi connectivity index (χ4n) is 2.31. The first-order valence-electron chi connectivity index (χ1n) is 7.46. The molecular weight excluding hydrogens is 372 g/mol. The van der Waals surface area contributed by atoms with E-state index in [1.54, 1.807) is 0 Å². The summed E-state index contributed by atoms with van der Waals surface area (Å²) in [7, 11) is -3.06. The van der Waals surface area contributed by atoms with Gasteiger partial charge in [-0.3, -0.25) is 25.2 Å². The van der Waals surface area contributed by atoms with Crippen LogP contribution in [0.1, 0.15) is 23.2 Å². The van der Waals surface area contributed by atoms with Crippen molar-refractivity contribution in [3.63, 3.8) is 0 Å². The molecule has 1 saturated heterocycles. The average Bonchev–Trinajstić information content (AvgIpc) is 2.90. The van der Waals surface area contributed by atoms with Crippen molar-refractivity contribution in [1.29, 1.82) is 0 Å². The second kappa shape index (κ2) is 8.30. The zero-order valence-electron chi connectivity index (χ0n) is 13.2. The minimum absolute atomic E-state index is 0.0363. The van der Waals surface area contributed by atoms with Gasteiger partial charge in [-0.15, -0.1) is 0 Å². The van der Waals surface area contributed by atoms with E-state index in [1.807, 2.05) is 0 Å². The van der Waals surface area contributed by atoms with Crippen molar-refractivity contribution in [2.75, 3.05) is 18.1 Å². The van der Waals surface area contributed by atoms with Gasteiger partial charge in [0.1, 0.15) is 0 Å². The predicted molar refractivity (Wildman–Crippen MR) is 89.4 cm³/mol. The predicted octanol–water partition coefficient (Wildman–Crippen LogP) is 0.469. The lowest BCUT2D eigenvalue weighted by Crippen LogP contribution is -2.43.